The van der Waals surface area contributed by atoms with E-state index in [2.05, 4.69) is 99.4 Å². The molecule has 16 rings (SSSR count). The van der Waals surface area contributed by atoms with Crippen molar-refractivity contribution in [1.82, 2.24) is 70.8 Å². The second-order valence-electron chi connectivity index (χ2n) is 26.6. The van der Waals surface area contributed by atoms with Crippen molar-refractivity contribution < 1.29 is 19.2 Å². The highest BCUT2D eigenvalue weighted by Gasteiger charge is 2.29. The van der Waals surface area contributed by atoms with Gasteiger partial charge in [0.25, 0.3) is 0 Å². The van der Waals surface area contributed by atoms with Gasteiger partial charge >= 0.3 is 0 Å². The molecule has 4 aliphatic heterocycles. The zero-order valence-corrected chi connectivity index (χ0v) is 62.6. The van der Waals surface area contributed by atoms with Crippen molar-refractivity contribution in [3.8, 4) is 11.1 Å². The molecule has 23 nitrogen and oxygen atoms in total. The van der Waals surface area contributed by atoms with Crippen LogP contribution >= 0.6 is 58.0 Å². The summed E-state index contributed by atoms with van der Waals surface area (Å²) in [6, 6.07) is 27.7. The van der Waals surface area contributed by atoms with E-state index < -0.39 is 0 Å². The number of Topliss-reactive ketones (excluding diaryl/α,β-unsaturated/α-hetero) is 1. The van der Waals surface area contributed by atoms with Crippen LogP contribution < -0.4 is 29.8 Å². The van der Waals surface area contributed by atoms with E-state index in [1.807, 2.05) is 129 Å². The molecule has 3 fully saturated rings. The standard InChI is InChI=1S/C16H14ClN3O.C15H16ClN5.C15H19ClN4O.C15H18ClN3O.C14H17ClN4O/c1-10(21)20(2)13-5-3-11(4-6-13)14-7-12(17)8-16-15(14)9-18-19-16;1-9-18-13-8-21(4-3-14(13)20(9)2)15-6-10(16)5-12-11(15)7-17-19-12;1-10(21)19(2)12-3-5-20(6-4-12)15-8-11(16)7-14-13(15)9-17-18-14;1-2-15(20)10-3-5-19(6-4-10)14-8-11(16)7-13-12(14)9-17-18-13;1-9(20)17-11-2-4-19(5-3-11)14-7-10(15)6-13-12(14)8-16-18-13/h3-9H,1-2H3,(H,18,19);5-7H,3-4,8H2,1-2H3,(H,17,19);7-9,12H,3-6H2,1-2H3,(H,17,18);7-10H,2-6H2,1H3,(H,17,18);6-8,11H,2-5H2,1H3,(H,16,18)(H,17,20). The van der Waals surface area contributed by atoms with Gasteiger partial charge < -0.3 is 39.3 Å². The summed E-state index contributed by atoms with van der Waals surface area (Å²) < 4.78 is 2.19. The van der Waals surface area contributed by atoms with Crippen LogP contribution in [0.1, 0.15) is 89.9 Å². The molecular formula is C75H84Cl5N19O4. The number of hydrogen-bond acceptors (Lipinski definition) is 14. The molecule has 103 heavy (non-hydrogen) atoms. The summed E-state index contributed by atoms with van der Waals surface area (Å²) in [6.45, 7) is 16.0. The van der Waals surface area contributed by atoms with E-state index in [0.717, 1.165) is 208 Å². The summed E-state index contributed by atoms with van der Waals surface area (Å²) in [5, 5.41) is 47.2. The molecular weight excluding hydrogens is 1410 g/mol. The molecule has 0 radical (unpaired) electrons. The number of carbonyl (C=O) groups is 4. The predicted octanol–water partition coefficient (Wildman–Crippen LogP) is 15.1. The number of amides is 3. The summed E-state index contributed by atoms with van der Waals surface area (Å²) in [4.78, 5) is 63.1. The van der Waals surface area contributed by atoms with Crippen LogP contribution in [0.3, 0.4) is 0 Å². The van der Waals surface area contributed by atoms with Crippen LogP contribution in [0.25, 0.3) is 65.6 Å². The van der Waals surface area contributed by atoms with Gasteiger partial charge in [-0.15, -0.1) is 0 Å². The smallest absolute Gasteiger partial charge is 0.223 e. The number of carbonyl (C=O) groups excluding carboxylic acids is 4. The lowest BCUT2D eigenvalue weighted by molar-refractivity contribution is -0.130. The first-order valence-electron chi connectivity index (χ1n) is 34.6. The predicted molar refractivity (Wildman–Crippen MR) is 416 cm³/mol. The molecule has 6 aromatic heterocycles. The van der Waals surface area contributed by atoms with Gasteiger partial charge in [-0.05, 0) is 129 Å². The van der Waals surface area contributed by atoms with Crippen LogP contribution in [-0.4, -0.2) is 161 Å². The number of anilines is 5. The van der Waals surface area contributed by atoms with Crippen molar-refractivity contribution in [3.63, 3.8) is 0 Å². The minimum atomic E-state index is 0.00253. The molecule has 4 aliphatic rings. The number of ketones is 1. The van der Waals surface area contributed by atoms with Gasteiger partial charge in [0.2, 0.25) is 17.7 Å². The van der Waals surface area contributed by atoms with Gasteiger partial charge in [-0.1, -0.05) is 77.1 Å². The van der Waals surface area contributed by atoms with Gasteiger partial charge in [-0.2, -0.15) is 25.5 Å². The molecule has 10 heterocycles. The van der Waals surface area contributed by atoms with Crippen molar-refractivity contribution in [2.75, 3.05) is 84.4 Å². The zero-order valence-electron chi connectivity index (χ0n) is 58.9. The summed E-state index contributed by atoms with van der Waals surface area (Å²) >= 11 is 30.9. The Hall–Kier alpha value is -9.39. The molecule has 0 aliphatic carbocycles. The lowest BCUT2D eigenvalue weighted by atomic mass is 9.91. The van der Waals surface area contributed by atoms with E-state index in [9.17, 15) is 19.2 Å². The van der Waals surface area contributed by atoms with E-state index in [4.69, 9.17) is 58.0 Å². The van der Waals surface area contributed by atoms with Crippen LogP contribution in [0.15, 0.2) is 116 Å². The number of hydrogen-bond donors (Lipinski definition) is 6. The molecule has 538 valence electrons. The van der Waals surface area contributed by atoms with Crippen LogP contribution in [0.4, 0.5) is 28.4 Å². The van der Waals surface area contributed by atoms with Crippen LogP contribution in [0.5, 0.6) is 0 Å². The number of nitrogens with one attached hydrogen (secondary N) is 6. The molecule has 12 aromatic rings. The number of aromatic amines is 5. The van der Waals surface area contributed by atoms with Crippen molar-refractivity contribution in [3.05, 3.63) is 158 Å². The van der Waals surface area contributed by atoms with Crippen molar-refractivity contribution >= 4 is 164 Å². The number of fused-ring (bicyclic) bond motifs is 6. The average molecular weight is 1490 g/mol. The molecule has 0 saturated carbocycles. The Morgan fingerprint density at radius 3 is 1.33 bits per heavy atom. The normalized spacial score (nSPS) is 15.0. The topological polar surface area (TPSA) is 261 Å². The first-order valence-corrected chi connectivity index (χ1v) is 36.5. The molecule has 0 bridgehead atoms. The van der Waals surface area contributed by atoms with Crippen molar-refractivity contribution in [1.29, 1.82) is 0 Å². The highest BCUT2D eigenvalue weighted by molar-refractivity contribution is 6.33. The third-order valence-corrected chi connectivity index (χ3v) is 21.2. The van der Waals surface area contributed by atoms with E-state index in [0.29, 0.717) is 38.3 Å². The van der Waals surface area contributed by atoms with Gasteiger partial charge in [0.1, 0.15) is 11.6 Å². The fourth-order valence-corrected chi connectivity index (χ4v) is 15.3. The number of aromatic nitrogens is 12. The molecule has 0 spiro atoms. The monoisotopic (exact) mass is 1490 g/mol. The number of rotatable bonds is 10. The Morgan fingerprint density at radius 2 is 0.913 bits per heavy atom. The lowest BCUT2D eigenvalue weighted by Gasteiger charge is -2.37. The van der Waals surface area contributed by atoms with Gasteiger partial charge in [0.15, 0.2) is 0 Å². The van der Waals surface area contributed by atoms with Crippen LogP contribution in [-0.2, 0) is 39.2 Å². The molecule has 3 amide bonds. The molecule has 6 N–H and O–H groups in total. The Balaban J connectivity index is 0.000000121. The average Bonchev–Trinajstić information content (AvgIpc) is 1.90. The summed E-state index contributed by atoms with van der Waals surface area (Å²) in [5.74, 6) is 1.88. The minimum Gasteiger partial charge on any atom is -0.371 e. The fourth-order valence-electron chi connectivity index (χ4n) is 14.2. The van der Waals surface area contributed by atoms with Crippen molar-refractivity contribution in [2.24, 2.45) is 13.0 Å². The number of imidazole rings is 1. The number of piperidine rings is 3. The van der Waals surface area contributed by atoms with Gasteiger partial charge in [0.05, 0.1) is 70.8 Å². The summed E-state index contributed by atoms with van der Waals surface area (Å²) in [7, 11) is 5.73. The van der Waals surface area contributed by atoms with Gasteiger partial charge in [0, 0.05) is 205 Å². The van der Waals surface area contributed by atoms with Crippen LogP contribution in [0.2, 0.25) is 25.1 Å². The minimum absolute atomic E-state index is 0.00253. The maximum absolute atomic E-state index is 11.8. The highest BCUT2D eigenvalue weighted by Crippen LogP contribution is 2.38. The third kappa shape index (κ3) is 17.0. The number of H-pyrrole nitrogens is 5. The fraction of sp³-hybridized carbons (Fsp3) is 0.360. The number of benzene rings is 6. The Morgan fingerprint density at radius 1 is 0.515 bits per heavy atom. The van der Waals surface area contributed by atoms with E-state index in [-0.39, 0.29) is 29.7 Å². The highest BCUT2D eigenvalue weighted by atomic mass is 35.5. The zero-order chi connectivity index (χ0) is 72.8. The maximum atomic E-state index is 11.8. The first kappa shape index (κ1) is 73.4. The molecule has 0 unspecified atom stereocenters. The molecule has 3 saturated heterocycles. The Labute approximate surface area is 621 Å². The number of nitrogens with zero attached hydrogens (tertiary/aromatic N) is 13. The first-order chi connectivity index (χ1) is 49.6. The molecule has 6 aromatic carbocycles. The van der Waals surface area contributed by atoms with E-state index in [1.54, 1.807) is 38.9 Å². The van der Waals surface area contributed by atoms with E-state index in [1.165, 1.54) is 5.69 Å². The largest absolute Gasteiger partial charge is 0.371 e. The molecule has 28 heteroatoms. The van der Waals surface area contributed by atoms with Crippen LogP contribution in [0, 0.1) is 12.8 Å². The number of aryl methyl sites for hydroxylation is 1. The molecule has 0 atom stereocenters. The van der Waals surface area contributed by atoms with Crippen molar-refractivity contribution in [2.45, 2.75) is 105 Å². The van der Waals surface area contributed by atoms with Gasteiger partial charge in [-0.25, -0.2) is 4.98 Å². The third-order valence-electron chi connectivity index (χ3n) is 20.1. The number of halogens is 5. The summed E-state index contributed by atoms with van der Waals surface area (Å²) in [5.41, 5.74) is 14.6. The Bertz CT molecular complexity index is 5000. The second kappa shape index (κ2) is 32.5. The maximum Gasteiger partial charge on any atom is 0.223 e. The Kier molecular flexibility index (Phi) is 23.2. The van der Waals surface area contributed by atoms with E-state index >= 15 is 0 Å². The SMILES string of the molecule is CC(=O)N(C)C1CCN(c2cc(Cl)cc3[nH]ncc23)CC1.CC(=O)N(C)c1ccc(-c2cc(Cl)cc3[nH]ncc23)cc1.CC(=O)NC1CCN(c2cc(Cl)cc3[nH]ncc23)CC1.CCC(=O)C1CCN(c2cc(Cl)cc3[nH]ncc23)CC1.Cc1nc2c(n1C)CCN(c1cc(Cl)cc3[nH]ncc13)C2. The lowest BCUT2D eigenvalue weighted by Crippen LogP contribution is -2.45. The van der Waals surface area contributed by atoms with Gasteiger partial charge in [-0.3, -0.25) is 44.7 Å². The quantitative estimate of drug-likeness (QED) is 0.0744. The second-order valence-corrected chi connectivity index (χ2v) is 28.8. The summed E-state index contributed by atoms with van der Waals surface area (Å²) in [6.07, 6.45) is 16.5.